The minimum absolute atomic E-state index is 0.145. The molecule has 1 aliphatic rings. The zero-order valence-corrected chi connectivity index (χ0v) is 9.34. The molecule has 16 heavy (non-hydrogen) atoms. The van der Waals surface area contributed by atoms with Crippen LogP contribution >= 0.6 is 0 Å². The van der Waals surface area contributed by atoms with Crippen molar-refractivity contribution in [3.05, 3.63) is 30.3 Å². The Morgan fingerprint density at radius 3 is 2.44 bits per heavy atom. The molecule has 1 fully saturated rings. The molecule has 86 valence electrons. The summed E-state index contributed by atoms with van der Waals surface area (Å²) in [5, 5.41) is 9.70. The molecule has 1 N–H and O–H groups in total. The van der Waals surface area contributed by atoms with Crippen LogP contribution in [0.25, 0.3) is 0 Å². The molecular weight excluding hydrogens is 203 g/mol. The van der Waals surface area contributed by atoms with Crippen molar-refractivity contribution in [2.75, 3.05) is 0 Å². The van der Waals surface area contributed by atoms with Gasteiger partial charge in [-0.2, -0.15) is 0 Å². The van der Waals surface area contributed by atoms with E-state index in [-0.39, 0.29) is 6.10 Å². The summed E-state index contributed by atoms with van der Waals surface area (Å²) in [5.41, 5.74) is 0.721. The number of hydrogen-bond acceptors (Lipinski definition) is 3. The molecule has 1 aromatic rings. The molecule has 0 radical (unpaired) electrons. The standard InChI is InChI=1S/C12H17BO3/c14-13(11-7-3-1-4-8-11)16-15-12-9-5-2-6-10-12/h1,3-4,7-8,12,14H,2,5-6,9-10H2. The predicted molar refractivity (Wildman–Crippen MR) is 63.1 cm³/mol. The third-order valence-corrected chi connectivity index (χ3v) is 2.92. The first-order valence-corrected chi connectivity index (χ1v) is 5.91. The summed E-state index contributed by atoms with van der Waals surface area (Å²) in [7, 11) is -0.983. The average molecular weight is 220 g/mol. The first-order chi connectivity index (χ1) is 7.86. The van der Waals surface area contributed by atoms with E-state index in [2.05, 4.69) is 0 Å². The summed E-state index contributed by atoms with van der Waals surface area (Å²) in [4.78, 5) is 10.3. The minimum Gasteiger partial charge on any atom is -0.422 e. The van der Waals surface area contributed by atoms with Crippen LogP contribution in [0, 0.1) is 0 Å². The lowest BCUT2D eigenvalue weighted by Gasteiger charge is -2.21. The molecule has 0 aliphatic heterocycles. The van der Waals surface area contributed by atoms with Gasteiger partial charge in [-0.25, -0.2) is 4.89 Å². The van der Waals surface area contributed by atoms with Crippen LogP contribution < -0.4 is 5.46 Å². The summed E-state index contributed by atoms with van der Waals surface area (Å²) in [6.45, 7) is 0. The normalized spacial score (nSPS) is 17.3. The van der Waals surface area contributed by atoms with E-state index in [0.717, 1.165) is 18.3 Å². The van der Waals surface area contributed by atoms with Crippen molar-refractivity contribution < 1.29 is 14.7 Å². The second-order valence-electron chi connectivity index (χ2n) is 4.22. The van der Waals surface area contributed by atoms with Gasteiger partial charge in [0.2, 0.25) is 0 Å². The predicted octanol–water partition coefficient (Wildman–Crippen LogP) is 1.66. The van der Waals surface area contributed by atoms with Crippen LogP contribution in [0.2, 0.25) is 0 Å². The maximum absolute atomic E-state index is 9.70. The molecule has 4 heteroatoms. The third kappa shape index (κ3) is 3.34. The molecule has 0 atom stereocenters. The van der Waals surface area contributed by atoms with Crippen molar-refractivity contribution in [2.45, 2.75) is 38.2 Å². The van der Waals surface area contributed by atoms with Crippen LogP contribution in [0.4, 0.5) is 0 Å². The lowest BCUT2D eigenvalue weighted by Crippen LogP contribution is -2.35. The topological polar surface area (TPSA) is 38.7 Å². The Bertz CT molecular complexity index is 298. The van der Waals surface area contributed by atoms with Crippen LogP contribution in [0.5, 0.6) is 0 Å². The Morgan fingerprint density at radius 2 is 1.75 bits per heavy atom. The monoisotopic (exact) mass is 220 g/mol. The van der Waals surface area contributed by atoms with Gasteiger partial charge < -0.3 is 5.02 Å². The van der Waals surface area contributed by atoms with Gasteiger partial charge >= 0.3 is 7.12 Å². The summed E-state index contributed by atoms with van der Waals surface area (Å²) < 4.78 is 0. The van der Waals surface area contributed by atoms with Gasteiger partial charge in [-0.1, -0.05) is 49.6 Å². The van der Waals surface area contributed by atoms with Gasteiger partial charge in [-0.05, 0) is 18.3 Å². The van der Waals surface area contributed by atoms with Crippen molar-refractivity contribution in [2.24, 2.45) is 0 Å². The summed E-state index contributed by atoms with van der Waals surface area (Å²) in [5.74, 6) is 0. The van der Waals surface area contributed by atoms with Gasteiger partial charge in [-0.15, -0.1) is 0 Å². The highest BCUT2D eigenvalue weighted by atomic mass is 17.2. The molecule has 0 aromatic heterocycles. The Labute approximate surface area is 96.5 Å². The maximum Gasteiger partial charge on any atom is 0.523 e. The highest BCUT2D eigenvalue weighted by molar-refractivity contribution is 6.59. The molecule has 1 aliphatic carbocycles. The molecule has 2 rings (SSSR count). The highest BCUT2D eigenvalue weighted by Gasteiger charge is 2.21. The molecule has 0 amide bonds. The molecular formula is C12H17BO3. The Balaban J connectivity index is 1.77. The van der Waals surface area contributed by atoms with Crippen LogP contribution in [0.1, 0.15) is 32.1 Å². The zero-order valence-electron chi connectivity index (χ0n) is 9.34. The van der Waals surface area contributed by atoms with Crippen LogP contribution in [-0.2, 0) is 9.69 Å². The van der Waals surface area contributed by atoms with Gasteiger partial charge in [0.15, 0.2) is 0 Å². The summed E-state index contributed by atoms with van der Waals surface area (Å²) in [6, 6.07) is 9.26. The van der Waals surface area contributed by atoms with E-state index in [1.807, 2.05) is 30.3 Å². The number of rotatable bonds is 4. The quantitative estimate of drug-likeness (QED) is 0.476. The Kier molecular flexibility index (Phi) is 4.39. The minimum atomic E-state index is -0.983. The zero-order chi connectivity index (χ0) is 11.2. The van der Waals surface area contributed by atoms with E-state index in [1.54, 1.807) is 0 Å². The van der Waals surface area contributed by atoms with Crippen molar-refractivity contribution >= 4 is 12.6 Å². The van der Waals surface area contributed by atoms with Crippen molar-refractivity contribution in [1.29, 1.82) is 0 Å². The lowest BCUT2D eigenvalue weighted by atomic mass is 9.80. The van der Waals surface area contributed by atoms with E-state index in [0.29, 0.717) is 0 Å². The van der Waals surface area contributed by atoms with E-state index in [4.69, 9.17) is 9.69 Å². The van der Waals surface area contributed by atoms with Crippen molar-refractivity contribution in [1.82, 2.24) is 0 Å². The lowest BCUT2D eigenvalue weighted by molar-refractivity contribution is -0.263. The van der Waals surface area contributed by atoms with E-state index in [9.17, 15) is 5.02 Å². The smallest absolute Gasteiger partial charge is 0.422 e. The Morgan fingerprint density at radius 1 is 1.06 bits per heavy atom. The van der Waals surface area contributed by atoms with Gasteiger partial charge in [0.05, 0.1) is 6.10 Å². The van der Waals surface area contributed by atoms with Crippen LogP contribution in [0.15, 0.2) is 30.3 Å². The molecule has 0 unspecified atom stereocenters. The molecule has 3 nitrogen and oxygen atoms in total. The SMILES string of the molecule is OB(OOC1CCCCC1)c1ccccc1. The first-order valence-electron chi connectivity index (χ1n) is 5.91. The molecule has 0 saturated heterocycles. The van der Waals surface area contributed by atoms with Crippen LogP contribution in [0.3, 0.4) is 0 Å². The second kappa shape index (κ2) is 6.04. The number of benzene rings is 1. The highest BCUT2D eigenvalue weighted by Crippen LogP contribution is 2.20. The van der Waals surface area contributed by atoms with Crippen molar-refractivity contribution in [3.8, 4) is 0 Å². The third-order valence-electron chi connectivity index (χ3n) is 2.92. The molecule has 0 bridgehead atoms. The van der Waals surface area contributed by atoms with Gasteiger partial charge in [0.25, 0.3) is 0 Å². The van der Waals surface area contributed by atoms with Gasteiger partial charge in [0.1, 0.15) is 0 Å². The van der Waals surface area contributed by atoms with Crippen LogP contribution in [-0.4, -0.2) is 18.2 Å². The largest absolute Gasteiger partial charge is 0.523 e. The maximum atomic E-state index is 9.70. The van der Waals surface area contributed by atoms with Gasteiger partial charge in [0, 0.05) is 0 Å². The summed E-state index contributed by atoms with van der Waals surface area (Å²) in [6.07, 6.45) is 5.86. The average Bonchev–Trinajstić information content (AvgIpc) is 2.38. The fraction of sp³-hybridized carbons (Fsp3) is 0.500. The molecule has 0 spiro atoms. The molecule has 0 heterocycles. The molecule has 1 saturated carbocycles. The second-order valence-corrected chi connectivity index (χ2v) is 4.22. The van der Waals surface area contributed by atoms with E-state index in [1.165, 1.54) is 19.3 Å². The fourth-order valence-corrected chi connectivity index (χ4v) is 1.97. The van der Waals surface area contributed by atoms with Crippen molar-refractivity contribution in [3.63, 3.8) is 0 Å². The Hall–Kier alpha value is -0.835. The van der Waals surface area contributed by atoms with Gasteiger partial charge in [-0.3, -0.25) is 4.81 Å². The summed E-state index contributed by atoms with van der Waals surface area (Å²) >= 11 is 0. The molecule has 1 aromatic carbocycles. The van der Waals surface area contributed by atoms with E-state index >= 15 is 0 Å². The van der Waals surface area contributed by atoms with E-state index < -0.39 is 7.12 Å². The fourth-order valence-electron chi connectivity index (χ4n) is 1.97. The number of hydrogen-bond donors (Lipinski definition) is 1. The first kappa shape index (κ1) is 11.6.